The van der Waals surface area contributed by atoms with Gasteiger partial charge in [-0.3, -0.25) is 4.79 Å². The summed E-state index contributed by atoms with van der Waals surface area (Å²) in [6, 6.07) is 5.55. The summed E-state index contributed by atoms with van der Waals surface area (Å²) in [5.74, 6) is 2.57. The van der Waals surface area contributed by atoms with Crippen molar-refractivity contribution < 1.29 is 9.53 Å². The van der Waals surface area contributed by atoms with E-state index < -0.39 is 0 Å². The van der Waals surface area contributed by atoms with Crippen LogP contribution in [0, 0.1) is 5.92 Å². The molecule has 0 radical (unpaired) electrons. The molecule has 1 aliphatic heterocycles. The summed E-state index contributed by atoms with van der Waals surface area (Å²) in [6.07, 6.45) is 4.82. The summed E-state index contributed by atoms with van der Waals surface area (Å²) in [5.41, 5.74) is 1.48. The number of nitrogens with zero attached hydrogens (tertiary/aromatic N) is 4. The van der Waals surface area contributed by atoms with Crippen LogP contribution in [0.1, 0.15) is 43.8 Å². The highest BCUT2D eigenvalue weighted by atomic mass is 35.5. The lowest BCUT2D eigenvalue weighted by Crippen LogP contribution is -2.15. The molecule has 1 unspecified atom stereocenters. The van der Waals surface area contributed by atoms with Crippen LogP contribution in [0.25, 0.3) is 5.69 Å². The Hall–Kier alpha value is -2.19. The highest BCUT2D eigenvalue weighted by Gasteiger charge is 2.30. The molecule has 4 rings (SSSR count). The number of rotatable bonds is 7. The van der Waals surface area contributed by atoms with Gasteiger partial charge >= 0.3 is 0 Å². The van der Waals surface area contributed by atoms with Crippen molar-refractivity contribution in [2.75, 3.05) is 25.5 Å². The van der Waals surface area contributed by atoms with Crippen LogP contribution in [0.15, 0.2) is 18.2 Å². The number of tetrazole rings is 1. The molecule has 1 saturated carbocycles. The van der Waals surface area contributed by atoms with Crippen molar-refractivity contribution in [3.05, 3.63) is 24.0 Å². The van der Waals surface area contributed by atoms with Crippen LogP contribution >= 0.6 is 12.4 Å². The maximum absolute atomic E-state index is 12.3. The lowest BCUT2D eigenvalue weighted by Gasteiger charge is -2.13. The second-order valence-electron chi connectivity index (χ2n) is 7.06. The van der Waals surface area contributed by atoms with Crippen LogP contribution in [-0.2, 0) is 4.79 Å². The van der Waals surface area contributed by atoms with Crippen molar-refractivity contribution in [1.29, 1.82) is 0 Å². The van der Waals surface area contributed by atoms with Crippen LogP contribution in [-0.4, -0.2) is 46.3 Å². The zero-order valence-electron chi connectivity index (χ0n) is 15.4. The van der Waals surface area contributed by atoms with Gasteiger partial charge in [-0.1, -0.05) is 0 Å². The molecule has 27 heavy (non-hydrogen) atoms. The summed E-state index contributed by atoms with van der Waals surface area (Å²) >= 11 is 0. The lowest BCUT2D eigenvalue weighted by atomic mass is 10.0. The van der Waals surface area contributed by atoms with Crippen molar-refractivity contribution in [1.82, 2.24) is 25.5 Å². The molecule has 2 aliphatic rings. The van der Waals surface area contributed by atoms with E-state index in [4.69, 9.17) is 4.74 Å². The van der Waals surface area contributed by atoms with E-state index in [0.29, 0.717) is 24.0 Å². The van der Waals surface area contributed by atoms with Crippen molar-refractivity contribution in [2.24, 2.45) is 5.92 Å². The predicted molar refractivity (Wildman–Crippen MR) is 104 cm³/mol. The molecule has 1 aromatic heterocycles. The Labute approximate surface area is 164 Å². The number of carbonyl (C=O) groups excluding carboxylic acids is 1. The van der Waals surface area contributed by atoms with E-state index >= 15 is 0 Å². The van der Waals surface area contributed by atoms with E-state index in [1.54, 1.807) is 11.8 Å². The smallest absolute Gasteiger partial charge is 0.224 e. The van der Waals surface area contributed by atoms with Gasteiger partial charge in [-0.15, -0.1) is 17.5 Å². The van der Waals surface area contributed by atoms with Crippen molar-refractivity contribution in [3.8, 4) is 11.4 Å². The molecule has 9 heteroatoms. The zero-order chi connectivity index (χ0) is 17.9. The first-order valence-electron chi connectivity index (χ1n) is 9.22. The molecule has 8 nitrogen and oxygen atoms in total. The molecular formula is C18H25ClN6O2. The van der Waals surface area contributed by atoms with E-state index in [0.717, 1.165) is 56.0 Å². The number of methoxy groups -OCH3 is 1. The van der Waals surface area contributed by atoms with Gasteiger partial charge in [0.25, 0.3) is 0 Å². The summed E-state index contributed by atoms with van der Waals surface area (Å²) < 4.78 is 7.18. The van der Waals surface area contributed by atoms with E-state index in [-0.39, 0.29) is 18.3 Å². The number of nitrogens with one attached hydrogen (secondary N) is 2. The molecule has 2 fully saturated rings. The Morgan fingerprint density at radius 1 is 1.37 bits per heavy atom. The van der Waals surface area contributed by atoms with Gasteiger partial charge in [0.05, 0.1) is 7.11 Å². The summed E-state index contributed by atoms with van der Waals surface area (Å²) in [4.78, 5) is 12.3. The van der Waals surface area contributed by atoms with E-state index in [1.807, 2.05) is 18.2 Å². The number of benzene rings is 1. The number of amides is 1. The van der Waals surface area contributed by atoms with Gasteiger partial charge in [-0.05, 0) is 73.3 Å². The first-order valence-corrected chi connectivity index (χ1v) is 9.22. The summed E-state index contributed by atoms with van der Waals surface area (Å²) in [5, 5.41) is 18.4. The number of ether oxygens (including phenoxy) is 1. The Kier molecular flexibility index (Phi) is 6.28. The molecule has 0 bridgehead atoms. The fourth-order valence-corrected chi connectivity index (χ4v) is 3.41. The third-order valence-electron chi connectivity index (χ3n) is 5.07. The fraction of sp³-hybridized carbons (Fsp3) is 0.556. The van der Waals surface area contributed by atoms with E-state index in [1.165, 1.54) is 0 Å². The largest absolute Gasteiger partial charge is 0.494 e. The minimum absolute atomic E-state index is 0. The normalized spacial score (nSPS) is 18.8. The molecule has 146 valence electrons. The highest BCUT2D eigenvalue weighted by molar-refractivity contribution is 5.91. The van der Waals surface area contributed by atoms with Crippen LogP contribution in [0.4, 0.5) is 5.69 Å². The van der Waals surface area contributed by atoms with Crippen LogP contribution in [0.2, 0.25) is 0 Å². The number of anilines is 1. The molecular weight excluding hydrogens is 368 g/mol. The quantitative estimate of drug-likeness (QED) is 0.750. The van der Waals surface area contributed by atoms with Gasteiger partial charge in [0.2, 0.25) is 5.91 Å². The molecule has 0 spiro atoms. The molecule has 1 atom stereocenters. The first-order chi connectivity index (χ1) is 12.7. The Morgan fingerprint density at radius 3 is 2.93 bits per heavy atom. The lowest BCUT2D eigenvalue weighted by molar-refractivity contribution is -0.116. The molecule has 2 N–H and O–H groups in total. The topological polar surface area (TPSA) is 94.0 Å². The number of aromatic nitrogens is 4. The Morgan fingerprint density at radius 2 is 2.22 bits per heavy atom. The average Bonchev–Trinajstić information content (AvgIpc) is 3.16. The van der Waals surface area contributed by atoms with Crippen LogP contribution in [0.5, 0.6) is 5.75 Å². The van der Waals surface area contributed by atoms with Crippen molar-refractivity contribution in [2.45, 2.75) is 38.0 Å². The maximum Gasteiger partial charge on any atom is 0.224 e. The number of hydrogen-bond donors (Lipinski definition) is 2. The molecule has 1 amide bonds. The number of hydrogen-bond acceptors (Lipinski definition) is 6. The van der Waals surface area contributed by atoms with Crippen molar-refractivity contribution in [3.63, 3.8) is 0 Å². The molecule has 1 aromatic carbocycles. The zero-order valence-corrected chi connectivity index (χ0v) is 16.2. The number of carbonyl (C=O) groups is 1. The molecule has 1 aliphatic carbocycles. The average molecular weight is 393 g/mol. The van der Waals surface area contributed by atoms with Crippen LogP contribution in [0.3, 0.4) is 0 Å². The highest BCUT2D eigenvalue weighted by Crippen LogP contribution is 2.40. The predicted octanol–water partition coefficient (Wildman–Crippen LogP) is 2.30. The van der Waals surface area contributed by atoms with Gasteiger partial charge in [-0.25, -0.2) is 0 Å². The van der Waals surface area contributed by atoms with Gasteiger partial charge in [-0.2, -0.15) is 4.68 Å². The first kappa shape index (κ1) is 19.6. The van der Waals surface area contributed by atoms with Crippen molar-refractivity contribution >= 4 is 24.0 Å². The minimum Gasteiger partial charge on any atom is -0.494 e. The third kappa shape index (κ3) is 4.56. The van der Waals surface area contributed by atoms with Gasteiger partial charge in [0, 0.05) is 18.0 Å². The van der Waals surface area contributed by atoms with Gasteiger partial charge < -0.3 is 15.4 Å². The third-order valence-corrected chi connectivity index (χ3v) is 5.07. The molecule has 2 heterocycles. The van der Waals surface area contributed by atoms with Gasteiger partial charge in [0.1, 0.15) is 11.4 Å². The standard InChI is InChI=1S/C18H24N6O2.ClH/c1-26-16-6-5-14(20-17(25)7-2-12-8-9-19-11-12)10-15(16)24-18(13-3-4-13)21-22-23-24;/h5-6,10,12-13,19H,2-4,7-9,11H2,1H3,(H,20,25);1H. The fourth-order valence-electron chi connectivity index (χ4n) is 3.41. The monoisotopic (exact) mass is 392 g/mol. The number of halogens is 1. The molecule has 1 saturated heterocycles. The summed E-state index contributed by atoms with van der Waals surface area (Å²) in [6.45, 7) is 2.08. The van der Waals surface area contributed by atoms with E-state index in [9.17, 15) is 4.79 Å². The summed E-state index contributed by atoms with van der Waals surface area (Å²) in [7, 11) is 1.62. The SMILES string of the molecule is COc1ccc(NC(=O)CCC2CCNC2)cc1-n1nnnc1C1CC1.Cl. The van der Waals surface area contributed by atoms with Crippen LogP contribution < -0.4 is 15.4 Å². The Bertz CT molecular complexity index is 786. The second kappa shape index (κ2) is 8.67. The molecule has 2 aromatic rings. The minimum atomic E-state index is 0. The maximum atomic E-state index is 12.3. The Balaban J connectivity index is 0.00000210. The van der Waals surface area contributed by atoms with Gasteiger partial charge in [0.15, 0.2) is 5.82 Å². The van der Waals surface area contributed by atoms with E-state index in [2.05, 4.69) is 26.2 Å². The second-order valence-corrected chi connectivity index (χ2v) is 7.06.